The van der Waals surface area contributed by atoms with Crippen LogP contribution in [-0.4, -0.2) is 58.9 Å². The van der Waals surface area contributed by atoms with Gasteiger partial charge in [0.25, 0.3) is 0 Å². The van der Waals surface area contributed by atoms with Crippen LogP contribution in [0.25, 0.3) is 0 Å². The van der Waals surface area contributed by atoms with E-state index in [1.165, 1.54) is 7.11 Å². The van der Waals surface area contributed by atoms with E-state index < -0.39 is 18.3 Å². The highest BCUT2D eigenvalue weighted by Gasteiger charge is 2.38. The predicted octanol–water partition coefficient (Wildman–Crippen LogP) is 2.32. The Bertz CT molecular complexity index is 362. The summed E-state index contributed by atoms with van der Waals surface area (Å²) in [5, 5.41) is 29.9. The molecule has 0 aromatic rings. The van der Waals surface area contributed by atoms with Crippen molar-refractivity contribution in [2.24, 2.45) is 0 Å². The van der Waals surface area contributed by atoms with Crippen molar-refractivity contribution in [3.8, 4) is 0 Å². The summed E-state index contributed by atoms with van der Waals surface area (Å²) in [6.45, 7) is 2.07. The maximum atomic E-state index is 11.0. The molecule has 0 aromatic carbocycles. The lowest BCUT2D eigenvalue weighted by Crippen LogP contribution is -2.27. The van der Waals surface area contributed by atoms with Gasteiger partial charge in [0.15, 0.2) is 0 Å². The third kappa shape index (κ3) is 10.1. The third-order valence-electron chi connectivity index (χ3n) is 4.94. The number of unbranched alkanes of at least 4 members (excludes halogenated alkanes) is 4. The lowest BCUT2D eigenvalue weighted by Gasteiger charge is -2.19. The quantitative estimate of drug-likeness (QED) is 0.235. The van der Waals surface area contributed by atoms with Gasteiger partial charge in [0, 0.05) is 12.8 Å². The Balaban J connectivity index is 1.96. The number of methoxy groups -OCH3 is 1. The van der Waals surface area contributed by atoms with Crippen molar-refractivity contribution in [1.82, 2.24) is 0 Å². The number of carbonyl (C=O) groups excluding carboxylic acids is 1. The van der Waals surface area contributed by atoms with E-state index >= 15 is 0 Å². The number of aliphatic hydroxyl groups excluding tert-OH is 3. The highest BCUT2D eigenvalue weighted by atomic mass is 16.6. The molecule has 3 N–H and O–H groups in total. The van der Waals surface area contributed by atoms with Crippen molar-refractivity contribution in [2.45, 2.75) is 108 Å². The van der Waals surface area contributed by atoms with Gasteiger partial charge in [-0.15, -0.1) is 0 Å². The second-order valence-corrected chi connectivity index (χ2v) is 7.11. The van der Waals surface area contributed by atoms with Crippen LogP contribution in [0.1, 0.15) is 77.6 Å². The van der Waals surface area contributed by atoms with Gasteiger partial charge >= 0.3 is 5.97 Å². The van der Waals surface area contributed by atoms with Crippen LogP contribution in [0.2, 0.25) is 0 Å². The molecule has 5 unspecified atom stereocenters. The Morgan fingerprint density at radius 2 is 1.60 bits per heavy atom. The number of esters is 1. The molecule has 148 valence electrons. The molecule has 1 rings (SSSR count). The van der Waals surface area contributed by atoms with Gasteiger partial charge in [-0.2, -0.15) is 0 Å². The van der Waals surface area contributed by atoms with Crippen molar-refractivity contribution >= 4 is 5.97 Å². The average Bonchev–Trinajstić information content (AvgIpc) is 3.36. The Labute approximate surface area is 151 Å². The summed E-state index contributed by atoms with van der Waals surface area (Å²) in [6.07, 6.45) is 6.64. The van der Waals surface area contributed by atoms with Crippen LogP contribution < -0.4 is 0 Å². The summed E-state index contributed by atoms with van der Waals surface area (Å²) >= 11 is 0. The van der Waals surface area contributed by atoms with Gasteiger partial charge in [0.05, 0.1) is 37.6 Å². The minimum Gasteiger partial charge on any atom is -0.469 e. The number of hydrogen-bond donors (Lipinski definition) is 3. The lowest BCUT2D eigenvalue weighted by molar-refractivity contribution is -0.140. The summed E-state index contributed by atoms with van der Waals surface area (Å²) in [5.74, 6) is -0.167. The van der Waals surface area contributed by atoms with E-state index in [1.54, 1.807) is 0 Å². The first-order chi connectivity index (χ1) is 12.0. The molecule has 0 spiro atoms. The van der Waals surface area contributed by atoms with Crippen LogP contribution in [0.5, 0.6) is 0 Å². The van der Waals surface area contributed by atoms with Crippen LogP contribution in [0.3, 0.4) is 0 Å². The number of aliphatic hydroxyl groups is 3. The minimum absolute atomic E-state index is 0.167. The lowest BCUT2D eigenvalue weighted by atomic mass is 9.98. The molecule has 0 aliphatic carbocycles. The van der Waals surface area contributed by atoms with Gasteiger partial charge in [-0.1, -0.05) is 32.6 Å². The molecular formula is C19H36O6. The van der Waals surface area contributed by atoms with Crippen LogP contribution in [0.15, 0.2) is 0 Å². The van der Waals surface area contributed by atoms with Crippen LogP contribution in [0, 0.1) is 0 Å². The maximum absolute atomic E-state index is 11.0. The molecule has 0 radical (unpaired) electrons. The van der Waals surface area contributed by atoms with E-state index in [0.717, 1.165) is 38.5 Å². The molecule has 0 saturated carbocycles. The van der Waals surface area contributed by atoms with Crippen molar-refractivity contribution in [3.63, 3.8) is 0 Å². The molecule has 1 fully saturated rings. The first-order valence-corrected chi connectivity index (χ1v) is 9.74. The normalized spacial score (nSPS) is 23.1. The Morgan fingerprint density at radius 1 is 0.960 bits per heavy atom. The van der Waals surface area contributed by atoms with Crippen molar-refractivity contribution in [3.05, 3.63) is 0 Å². The number of hydrogen-bond acceptors (Lipinski definition) is 6. The molecule has 5 atom stereocenters. The first-order valence-electron chi connectivity index (χ1n) is 9.74. The summed E-state index contributed by atoms with van der Waals surface area (Å²) in [5.41, 5.74) is 0. The largest absolute Gasteiger partial charge is 0.469 e. The molecule has 0 aromatic heterocycles. The zero-order valence-electron chi connectivity index (χ0n) is 15.7. The Morgan fingerprint density at radius 3 is 2.24 bits per heavy atom. The van der Waals surface area contributed by atoms with Crippen LogP contribution in [0.4, 0.5) is 0 Å². The van der Waals surface area contributed by atoms with E-state index in [-0.39, 0.29) is 18.2 Å². The first kappa shape index (κ1) is 22.4. The van der Waals surface area contributed by atoms with E-state index in [2.05, 4.69) is 11.7 Å². The highest BCUT2D eigenvalue weighted by Crippen LogP contribution is 2.30. The van der Waals surface area contributed by atoms with Gasteiger partial charge in [-0.05, 0) is 32.1 Å². The van der Waals surface area contributed by atoms with Gasteiger partial charge in [0.2, 0.25) is 0 Å². The van der Waals surface area contributed by atoms with Gasteiger partial charge in [0.1, 0.15) is 0 Å². The summed E-state index contributed by atoms with van der Waals surface area (Å²) in [6, 6.07) is 0. The SMILES string of the molecule is CCC1OC1CC(O)CCC(O)C(O)CCCCCCCC(=O)OC. The maximum Gasteiger partial charge on any atom is 0.305 e. The molecule has 0 bridgehead atoms. The molecule has 1 aliphatic rings. The van der Waals surface area contributed by atoms with Gasteiger partial charge < -0.3 is 24.8 Å². The fourth-order valence-corrected chi connectivity index (χ4v) is 3.13. The minimum atomic E-state index is -0.781. The zero-order chi connectivity index (χ0) is 18.7. The van der Waals surface area contributed by atoms with Crippen molar-refractivity contribution < 1.29 is 29.6 Å². The van der Waals surface area contributed by atoms with E-state index in [9.17, 15) is 20.1 Å². The van der Waals surface area contributed by atoms with Crippen LogP contribution in [-0.2, 0) is 14.3 Å². The molecule has 1 heterocycles. The molecular weight excluding hydrogens is 324 g/mol. The predicted molar refractivity (Wildman–Crippen MR) is 95.2 cm³/mol. The van der Waals surface area contributed by atoms with Gasteiger partial charge in [-0.3, -0.25) is 4.79 Å². The number of carbonyl (C=O) groups is 1. The second kappa shape index (κ2) is 12.6. The summed E-state index contributed by atoms with van der Waals surface area (Å²) < 4.78 is 9.99. The van der Waals surface area contributed by atoms with Gasteiger partial charge in [-0.25, -0.2) is 0 Å². The monoisotopic (exact) mass is 360 g/mol. The Hall–Kier alpha value is -0.690. The fraction of sp³-hybridized carbons (Fsp3) is 0.947. The molecule has 1 aliphatic heterocycles. The highest BCUT2D eigenvalue weighted by molar-refractivity contribution is 5.68. The molecule has 0 amide bonds. The van der Waals surface area contributed by atoms with E-state index in [1.807, 2.05) is 0 Å². The smallest absolute Gasteiger partial charge is 0.305 e. The van der Waals surface area contributed by atoms with Crippen molar-refractivity contribution in [1.29, 1.82) is 0 Å². The standard InChI is InChI=1S/C19H36O6/c1-3-17-18(25-17)13-14(20)11-12-16(22)15(21)9-7-5-4-6-8-10-19(23)24-2/h14-18,20-22H,3-13H2,1-2H3. The molecule has 6 nitrogen and oxygen atoms in total. The third-order valence-corrected chi connectivity index (χ3v) is 4.94. The summed E-state index contributed by atoms with van der Waals surface area (Å²) in [4.78, 5) is 11.0. The fourth-order valence-electron chi connectivity index (χ4n) is 3.13. The summed E-state index contributed by atoms with van der Waals surface area (Å²) in [7, 11) is 1.40. The number of ether oxygens (including phenoxy) is 2. The molecule has 1 saturated heterocycles. The number of epoxide rings is 1. The van der Waals surface area contributed by atoms with Crippen LogP contribution >= 0.6 is 0 Å². The average molecular weight is 360 g/mol. The van der Waals surface area contributed by atoms with E-state index in [4.69, 9.17) is 4.74 Å². The van der Waals surface area contributed by atoms with Crippen molar-refractivity contribution in [2.75, 3.05) is 7.11 Å². The topological polar surface area (TPSA) is 99.5 Å². The molecule has 6 heteroatoms. The second-order valence-electron chi connectivity index (χ2n) is 7.11. The van der Waals surface area contributed by atoms with E-state index in [0.29, 0.717) is 32.1 Å². The zero-order valence-corrected chi connectivity index (χ0v) is 15.7. The number of rotatable bonds is 15. The Kier molecular flexibility index (Phi) is 11.3. The molecule has 25 heavy (non-hydrogen) atoms.